The van der Waals surface area contributed by atoms with E-state index in [1.54, 1.807) is 29.1 Å². The Morgan fingerprint density at radius 1 is 1.31 bits per heavy atom. The predicted octanol–water partition coefficient (Wildman–Crippen LogP) is 1.89. The van der Waals surface area contributed by atoms with Gasteiger partial charge in [-0.1, -0.05) is 6.07 Å². The summed E-state index contributed by atoms with van der Waals surface area (Å²) in [6.07, 6.45) is 1.74. The Morgan fingerprint density at radius 2 is 2.15 bits per heavy atom. The highest BCUT2D eigenvalue weighted by Crippen LogP contribution is 2.15. The minimum absolute atomic E-state index is 0.257. The molecule has 2 rings (SSSR count). The molecule has 0 atom stereocenters. The Morgan fingerprint density at radius 3 is 2.77 bits per heavy atom. The van der Waals surface area contributed by atoms with Gasteiger partial charge in [0.25, 0.3) is 0 Å². The first-order valence-corrected chi connectivity index (χ1v) is 4.07. The van der Waals surface area contributed by atoms with Crippen LogP contribution in [0.2, 0.25) is 0 Å². The summed E-state index contributed by atoms with van der Waals surface area (Å²) in [4.78, 5) is 0. The van der Waals surface area contributed by atoms with Gasteiger partial charge in [0.15, 0.2) is 0 Å². The second kappa shape index (κ2) is 2.94. The molecule has 0 aliphatic rings. The lowest BCUT2D eigenvalue weighted by Crippen LogP contribution is -1.97. The van der Waals surface area contributed by atoms with Crippen LogP contribution in [0.5, 0.6) is 5.75 Å². The van der Waals surface area contributed by atoms with Gasteiger partial charge in [0, 0.05) is 18.0 Å². The van der Waals surface area contributed by atoms with E-state index in [0.29, 0.717) is 0 Å². The zero-order valence-corrected chi connectivity index (χ0v) is 7.31. The van der Waals surface area contributed by atoms with E-state index in [1.165, 1.54) is 0 Å². The molecule has 0 saturated carbocycles. The molecule has 0 bridgehead atoms. The lowest BCUT2D eigenvalue weighted by atomic mass is 10.3. The van der Waals surface area contributed by atoms with Crippen LogP contribution in [0.15, 0.2) is 36.5 Å². The minimum atomic E-state index is 0.257. The van der Waals surface area contributed by atoms with Gasteiger partial charge in [0.05, 0.1) is 5.69 Å². The number of benzene rings is 1. The van der Waals surface area contributed by atoms with Crippen LogP contribution >= 0.6 is 0 Å². The van der Waals surface area contributed by atoms with Crippen molar-refractivity contribution in [2.24, 2.45) is 0 Å². The maximum atomic E-state index is 9.26. The summed E-state index contributed by atoms with van der Waals surface area (Å²) in [5.41, 5.74) is 1.92. The van der Waals surface area contributed by atoms with Crippen LogP contribution in [0.25, 0.3) is 5.69 Å². The Kier molecular flexibility index (Phi) is 1.77. The van der Waals surface area contributed by atoms with Crippen molar-refractivity contribution in [3.05, 3.63) is 42.2 Å². The van der Waals surface area contributed by atoms with Gasteiger partial charge in [-0.15, -0.1) is 0 Å². The first-order chi connectivity index (χ1) is 6.27. The average molecular weight is 174 g/mol. The Bertz CT molecular complexity index is 420. The molecule has 0 amide bonds. The van der Waals surface area contributed by atoms with Crippen molar-refractivity contribution < 1.29 is 5.11 Å². The van der Waals surface area contributed by atoms with Gasteiger partial charge in [-0.25, -0.2) is 4.68 Å². The largest absolute Gasteiger partial charge is 0.508 e. The van der Waals surface area contributed by atoms with Gasteiger partial charge in [0.2, 0.25) is 0 Å². The van der Waals surface area contributed by atoms with Crippen LogP contribution in [-0.4, -0.2) is 14.9 Å². The molecular formula is C10H10N2O. The SMILES string of the molecule is Cc1ccnn1-c1cccc(O)c1. The highest BCUT2D eigenvalue weighted by molar-refractivity contribution is 5.38. The molecule has 0 radical (unpaired) electrons. The predicted molar refractivity (Wildman–Crippen MR) is 50.0 cm³/mol. The fourth-order valence-corrected chi connectivity index (χ4v) is 1.26. The van der Waals surface area contributed by atoms with Gasteiger partial charge in [-0.05, 0) is 25.1 Å². The molecule has 0 spiro atoms. The first-order valence-electron chi connectivity index (χ1n) is 4.07. The van der Waals surface area contributed by atoms with E-state index in [-0.39, 0.29) is 5.75 Å². The highest BCUT2D eigenvalue weighted by atomic mass is 16.3. The highest BCUT2D eigenvalue weighted by Gasteiger charge is 2.00. The maximum Gasteiger partial charge on any atom is 0.117 e. The minimum Gasteiger partial charge on any atom is -0.508 e. The molecule has 0 aliphatic carbocycles. The quantitative estimate of drug-likeness (QED) is 0.716. The van der Waals surface area contributed by atoms with Crippen molar-refractivity contribution in [2.75, 3.05) is 0 Å². The van der Waals surface area contributed by atoms with E-state index in [9.17, 15) is 5.11 Å². The number of nitrogens with zero attached hydrogens (tertiary/aromatic N) is 2. The van der Waals surface area contributed by atoms with Gasteiger partial charge >= 0.3 is 0 Å². The Balaban J connectivity index is 2.53. The number of hydrogen-bond donors (Lipinski definition) is 1. The lowest BCUT2D eigenvalue weighted by Gasteiger charge is -2.03. The topological polar surface area (TPSA) is 38.0 Å². The van der Waals surface area contributed by atoms with Gasteiger partial charge in [-0.2, -0.15) is 5.10 Å². The maximum absolute atomic E-state index is 9.26. The van der Waals surface area contributed by atoms with Crippen LogP contribution in [0, 0.1) is 6.92 Å². The molecule has 0 aliphatic heterocycles. The summed E-state index contributed by atoms with van der Waals surface area (Å²) in [7, 11) is 0. The van der Waals surface area contributed by atoms with Crippen LogP contribution in [0.4, 0.5) is 0 Å². The monoisotopic (exact) mass is 174 g/mol. The van der Waals surface area contributed by atoms with Crippen LogP contribution < -0.4 is 0 Å². The molecule has 2 aromatic rings. The summed E-state index contributed by atoms with van der Waals surface area (Å²) in [6, 6.07) is 8.94. The number of aromatic hydroxyl groups is 1. The van der Waals surface area contributed by atoms with Gasteiger partial charge in [0.1, 0.15) is 5.75 Å². The standard InChI is InChI=1S/C10H10N2O/c1-8-5-6-11-12(8)9-3-2-4-10(13)7-9/h2-7,13H,1H3. The summed E-state index contributed by atoms with van der Waals surface area (Å²) in [5.74, 6) is 0.257. The molecule has 1 N–H and O–H groups in total. The molecule has 1 heterocycles. The van der Waals surface area contributed by atoms with Crippen molar-refractivity contribution in [3.8, 4) is 11.4 Å². The van der Waals surface area contributed by atoms with Crippen molar-refractivity contribution in [1.82, 2.24) is 9.78 Å². The molecular weight excluding hydrogens is 164 g/mol. The van der Waals surface area contributed by atoms with Crippen LogP contribution in [0.3, 0.4) is 0 Å². The molecule has 1 aromatic carbocycles. The van der Waals surface area contributed by atoms with E-state index >= 15 is 0 Å². The fourth-order valence-electron chi connectivity index (χ4n) is 1.26. The second-order valence-corrected chi connectivity index (χ2v) is 2.90. The molecule has 0 fully saturated rings. The van der Waals surface area contributed by atoms with Crippen molar-refractivity contribution in [2.45, 2.75) is 6.92 Å². The van der Waals surface area contributed by atoms with E-state index in [4.69, 9.17) is 0 Å². The Labute approximate surface area is 76.3 Å². The van der Waals surface area contributed by atoms with Crippen LogP contribution in [0.1, 0.15) is 5.69 Å². The number of aryl methyl sites for hydroxylation is 1. The normalized spacial score (nSPS) is 10.2. The molecule has 1 aromatic heterocycles. The van der Waals surface area contributed by atoms with Crippen molar-refractivity contribution in [1.29, 1.82) is 0 Å². The summed E-state index contributed by atoms with van der Waals surface area (Å²) in [6.45, 7) is 1.97. The van der Waals surface area contributed by atoms with Gasteiger partial charge in [-0.3, -0.25) is 0 Å². The molecule has 66 valence electrons. The number of rotatable bonds is 1. The number of aromatic nitrogens is 2. The van der Waals surface area contributed by atoms with Crippen molar-refractivity contribution >= 4 is 0 Å². The number of phenolic OH excluding ortho intramolecular Hbond substituents is 1. The van der Waals surface area contributed by atoms with E-state index in [1.807, 2.05) is 19.1 Å². The molecule has 3 nitrogen and oxygen atoms in total. The Hall–Kier alpha value is -1.77. The second-order valence-electron chi connectivity index (χ2n) is 2.90. The zero-order valence-electron chi connectivity index (χ0n) is 7.31. The van der Waals surface area contributed by atoms with E-state index in [0.717, 1.165) is 11.4 Å². The zero-order chi connectivity index (χ0) is 9.26. The fraction of sp³-hybridized carbons (Fsp3) is 0.100. The summed E-state index contributed by atoms with van der Waals surface area (Å²) < 4.78 is 1.78. The van der Waals surface area contributed by atoms with E-state index < -0.39 is 0 Å². The summed E-state index contributed by atoms with van der Waals surface area (Å²) in [5, 5.41) is 13.4. The number of phenols is 1. The smallest absolute Gasteiger partial charge is 0.117 e. The van der Waals surface area contributed by atoms with Crippen molar-refractivity contribution in [3.63, 3.8) is 0 Å². The first kappa shape index (κ1) is 7.86. The lowest BCUT2D eigenvalue weighted by molar-refractivity contribution is 0.475. The molecule has 13 heavy (non-hydrogen) atoms. The third-order valence-corrected chi connectivity index (χ3v) is 1.91. The molecule has 0 unspecified atom stereocenters. The average Bonchev–Trinajstić information content (AvgIpc) is 2.51. The van der Waals surface area contributed by atoms with E-state index in [2.05, 4.69) is 5.10 Å². The third-order valence-electron chi connectivity index (χ3n) is 1.91. The third kappa shape index (κ3) is 1.40. The van der Waals surface area contributed by atoms with Crippen LogP contribution in [-0.2, 0) is 0 Å². The molecule has 3 heteroatoms. The summed E-state index contributed by atoms with van der Waals surface area (Å²) >= 11 is 0. The molecule has 0 saturated heterocycles. The van der Waals surface area contributed by atoms with Gasteiger partial charge < -0.3 is 5.11 Å². The number of hydrogen-bond acceptors (Lipinski definition) is 2.